The average molecular weight is 357 g/mol. The van der Waals surface area contributed by atoms with Crippen LogP contribution in [0, 0.1) is 0 Å². The zero-order valence-corrected chi connectivity index (χ0v) is 15.2. The molecular formula is C17H25ClN2O4. The molecule has 24 heavy (non-hydrogen) atoms. The second kappa shape index (κ2) is 8.89. The van der Waals surface area contributed by atoms with E-state index in [4.69, 9.17) is 22.1 Å². The van der Waals surface area contributed by atoms with Crippen LogP contribution in [0.4, 0.5) is 4.79 Å². The number of nitrogens with two attached hydrogens (primary N) is 1. The van der Waals surface area contributed by atoms with Crippen molar-refractivity contribution in [2.24, 2.45) is 5.73 Å². The first kappa shape index (κ1) is 20.3. The van der Waals surface area contributed by atoms with Crippen molar-refractivity contribution < 1.29 is 19.1 Å². The molecule has 0 saturated carbocycles. The minimum atomic E-state index is -0.624. The molecule has 0 aliphatic heterocycles. The molecule has 1 aromatic carbocycles. The van der Waals surface area contributed by atoms with Gasteiger partial charge in [0.2, 0.25) is 0 Å². The van der Waals surface area contributed by atoms with Gasteiger partial charge in [0.15, 0.2) is 0 Å². The van der Waals surface area contributed by atoms with Crippen LogP contribution in [0.15, 0.2) is 24.3 Å². The second-order valence-corrected chi connectivity index (χ2v) is 6.96. The predicted octanol–water partition coefficient (Wildman–Crippen LogP) is 2.67. The highest BCUT2D eigenvalue weighted by molar-refractivity contribution is 6.30. The summed E-state index contributed by atoms with van der Waals surface area (Å²) in [6.07, 6.45) is -0.152. The number of ether oxygens (including phenoxy) is 2. The lowest BCUT2D eigenvalue weighted by Gasteiger charge is -2.27. The zero-order valence-electron chi connectivity index (χ0n) is 14.5. The van der Waals surface area contributed by atoms with Crippen LogP contribution in [0.3, 0.4) is 0 Å². The highest BCUT2D eigenvalue weighted by Gasteiger charge is 2.26. The number of esters is 1. The Morgan fingerprint density at radius 2 is 1.83 bits per heavy atom. The van der Waals surface area contributed by atoms with Gasteiger partial charge in [-0.1, -0.05) is 23.7 Å². The third-order valence-electron chi connectivity index (χ3n) is 3.22. The maximum absolute atomic E-state index is 12.0. The Balaban J connectivity index is 2.83. The Kier molecular flexibility index (Phi) is 7.51. The number of alkyl carbamates (subject to hydrolysis) is 1. The van der Waals surface area contributed by atoms with Crippen LogP contribution in [0.1, 0.15) is 32.8 Å². The van der Waals surface area contributed by atoms with Crippen LogP contribution in [-0.4, -0.2) is 36.9 Å². The number of benzene rings is 1. The summed E-state index contributed by atoms with van der Waals surface area (Å²) in [7, 11) is 1.30. The molecule has 1 amide bonds. The normalized spacial score (nSPS) is 13.8. The van der Waals surface area contributed by atoms with Gasteiger partial charge in [-0.3, -0.25) is 4.79 Å². The summed E-state index contributed by atoms with van der Waals surface area (Å²) >= 11 is 5.88. The summed E-state index contributed by atoms with van der Waals surface area (Å²) in [6, 6.07) is 6.11. The number of rotatable bonds is 6. The van der Waals surface area contributed by atoms with Crippen molar-refractivity contribution in [2.75, 3.05) is 7.11 Å². The standard InChI is InChI=1S/C17H25ClN2O4/c1-17(2,3)24-16(22)20-14(13(19)10-15(21)23-4)9-11-5-7-12(18)8-6-11/h5-8,13-14H,9-10,19H2,1-4H3,(H,20,22)/t13-,14-/m0/s1. The number of nitrogens with one attached hydrogen (secondary N) is 1. The van der Waals surface area contributed by atoms with Gasteiger partial charge in [-0.25, -0.2) is 4.79 Å². The third-order valence-corrected chi connectivity index (χ3v) is 3.47. The van der Waals surface area contributed by atoms with E-state index in [9.17, 15) is 9.59 Å². The quantitative estimate of drug-likeness (QED) is 0.765. The number of methoxy groups -OCH3 is 1. The van der Waals surface area contributed by atoms with Gasteiger partial charge in [-0.2, -0.15) is 0 Å². The van der Waals surface area contributed by atoms with Gasteiger partial charge in [-0.15, -0.1) is 0 Å². The molecule has 2 atom stereocenters. The SMILES string of the molecule is COC(=O)C[C@H](N)[C@H](Cc1ccc(Cl)cc1)NC(=O)OC(C)(C)C. The Bertz CT molecular complexity index is 555. The van der Waals surface area contributed by atoms with E-state index in [0.29, 0.717) is 11.4 Å². The molecule has 1 aromatic rings. The van der Waals surface area contributed by atoms with Crippen LogP contribution in [0.5, 0.6) is 0 Å². The molecule has 0 aromatic heterocycles. The molecule has 0 aliphatic carbocycles. The average Bonchev–Trinajstić information content (AvgIpc) is 2.46. The van der Waals surface area contributed by atoms with Gasteiger partial charge in [0, 0.05) is 11.1 Å². The number of halogens is 1. The number of carbonyl (C=O) groups excluding carboxylic acids is 2. The maximum atomic E-state index is 12.0. The number of hydrogen-bond acceptors (Lipinski definition) is 5. The van der Waals surface area contributed by atoms with Gasteiger partial charge in [-0.05, 0) is 44.9 Å². The van der Waals surface area contributed by atoms with E-state index in [1.807, 2.05) is 12.1 Å². The molecule has 0 bridgehead atoms. The van der Waals surface area contributed by atoms with Gasteiger partial charge in [0.05, 0.1) is 19.6 Å². The summed E-state index contributed by atoms with van der Waals surface area (Å²) < 4.78 is 9.91. The lowest BCUT2D eigenvalue weighted by atomic mass is 9.98. The Morgan fingerprint density at radius 1 is 1.25 bits per heavy atom. The molecule has 7 heteroatoms. The van der Waals surface area contributed by atoms with Crippen molar-refractivity contribution in [1.82, 2.24) is 5.32 Å². The van der Waals surface area contributed by atoms with E-state index in [1.165, 1.54) is 7.11 Å². The predicted molar refractivity (Wildman–Crippen MR) is 92.9 cm³/mol. The molecule has 0 aliphatic rings. The fraction of sp³-hybridized carbons (Fsp3) is 0.529. The summed E-state index contributed by atoms with van der Waals surface area (Å²) in [6.45, 7) is 5.32. The fourth-order valence-electron chi connectivity index (χ4n) is 2.06. The van der Waals surface area contributed by atoms with E-state index in [-0.39, 0.29) is 6.42 Å². The van der Waals surface area contributed by atoms with Crippen LogP contribution in [-0.2, 0) is 20.7 Å². The van der Waals surface area contributed by atoms with Gasteiger partial charge < -0.3 is 20.5 Å². The Labute approximate surface area is 147 Å². The molecular weight excluding hydrogens is 332 g/mol. The maximum Gasteiger partial charge on any atom is 0.407 e. The van der Waals surface area contributed by atoms with Gasteiger partial charge in [0.25, 0.3) is 0 Å². The van der Waals surface area contributed by atoms with Crippen molar-refractivity contribution in [2.45, 2.75) is 51.3 Å². The van der Waals surface area contributed by atoms with Gasteiger partial charge >= 0.3 is 12.1 Å². The minimum Gasteiger partial charge on any atom is -0.469 e. The summed E-state index contributed by atoms with van der Waals surface area (Å²) in [5.41, 5.74) is 6.39. The van der Waals surface area contributed by atoms with E-state index >= 15 is 0 Å². The van der Waals surface area contributed by atoms with Crippen molar-refractivity contribution >= 4 is 23.7 Å². The van der Waals surface area contributed by atoms with Gasteiger partial charge in [0.1, 0.15) is 5.60 Å². The van der Waals surface area contributed by atoms with Crippen LogP contribution in [0.25, 0.3) is 0 Å². The van der Waals surface area contributed by atoms with Crippen LogP contribution >= 0.6 is 11.6 Å². The molecule has 0 unspecified atom stereocenters. The molecule has 0 saturated heterocycles. The third kappa shape index (κ3) is 7.66. The van der Waals surface area contributed by atoms with Crippen LogP contribution in [0.2, 0.25) is 5.02 Å². The summed E-state index contributed by atoms with van der Waals surface area (Å²) in [4.78, 5) is 23.5. The van der Waals surface area contributed by atoms with Crippen molar-refractivity contribution in [3.63, 3.8) is 0 Å². The van der Waals surface area contributed by atoms with Crippen molar-refractivity contribution in [3.05, 3.63) is 34.9 Å². The molecule has 1 rings (SSSR count). The highest BCUT2D eigenvalue weighted by Crippen LogP contribution is 2.14. The molecule has 134 valence electrons. The minimum absolute atomic E-state index is 0.00937. The second-order valence-electron chi connectivity index (χ2n) is 6.53. The lowest BCUT2D eigenvalue weighted by Crippen LogP contribution is -2.51. The number of carbonyl (C=O) groups is 2. The molecule has 0 heterocycles. The molecule has 0 radical (unpaired) electrons. The fourth-order valence-corrected chi connectivity index (χ4v) is 2.19. The van der Waals surface area contributed by atoms with Crippen LogP contribution < -0.4 is 11.1 Å². The first-order valence-electron chi connectivity index (χ1n) is 7.67. The number of amides is 1. The first-order valence-corrected chi connectivity index (χ1v) is 8.05. The zero-order chi connectivity index (χ0) is 18.3. The van der Waals surface area contributed by atoms with E-state index < -0.39 is 29.7 Å². The molecule has 6 nitrogen and oxygen atoms in total. The summed E-state index contributed by atoms with van der Waals surface area (Å²) in [5.74, 6) is -0.436. The Morgan fingerprint density at radius 3 is 2.33 bits per heavy atom. The molecule has 3 N–H and O–H groups in total. The topological polar surface area (TPSA) is 90.6 Å². The first-order chi connectivity index (χ1) is 11.1. The monoisotopic (exact) mass is 356 g/mol. The number of hydrogen-bond donors (Lipinski definition) is 2. The summed E-state index contributed by atoms with van der Waals surface area (Å²) in [5, 5.41) is 3.36. The van der Waals surface area contributed by atoms with Crippen molar-refractivity contribution in [1.29, 1.82) is 0 Å². The van der Waals surface area contributed by atoms with E-state index in [0.717, 1.165) is 5.56 Å². The molecule has 0 fully saturated rings. The smallest absolute Gasteiger partial charge is 0.407 e. The lowest BCUT2D eigenvalue weighted by molar-refractivity contribution is -0.141. The van der Waals surface area contributed by atoms with E-state index in [2.05, 4.69) is 10.1 Å². The highest BCUT2D eigenvalue weighted by atomic mass is 35.5. The van der Waals surface area contributed by atoms with Crippen molar-refractivity contribution in [3.8, 4) is 0 Å². The largest absolute Gasteiger partial charge is 0.469 e. The van der Waals surface area contributed by atoms with E-state index in [1.54, 1.807) is 32.9 Å². The molecule has 0 spiro atoms. The Hall–Kier alpha value is -1.79.